The fourth-order valence-electron chi connectivity index (χ4n) is 3.37. The molecule has 2 aromatic heterocycles. The zero-order valence-corrected chi connectivity index (χ0v) is 19.8. The first-order chi connectivity index (χ1) is 16.0. The van der Waals surface area contributed by atoms with Crippen molar-refractivity contribution in [1.82, 2.24) is 30.8 Å². The lowest BCUT2D eigenvalue weighted by Gasteiger charge is -2.28. The molecule has 0 spiro atoms. The molecule has 0 saturated carbocycles. The summed E-state index contributed by atoms with van der Waals surface area (Å²) < 4.78 is 12.3. The minimum absolute atomic E-state index is 0.221. The van der Waals surface area contributed by atoms with Gasteiger partial charge in [0.2, 0.25) is 5.16 Å². The van der Waals surface area contributed by atoms with Crippen molar-refractivity contribution in [3.63, 3.8) is 0 Å². The van der Waals surface area contributed by atoms with Gasteiger partial charge in [0.1, 0.15) is 11.4 Å². The van der Waals surface area contributed by atoms with Crippen LogP contribution in [0, 0.1) is 6.92 Å². The molecule has 10 nitrogen and oxygen atoms in total. The third kappa shape index (κ3) is 4.86. The van der Waals surface area contributed by atoms with Gasteiger partial charge in [0.15, 0.2) is 0 Å². The maximum atomic E-state index is 12.9. The number of esters is 1. The zero-order chi connectivity index (χ0) is 23.4. The quantitative estimate of drug-likeness (QED) is 0.368. The summed E-state index contributed by atoms with van der Waals surface area (Å²) in [6.45, 7) is 3.93. The summed E-state index contributed by atoms with van der Waals surface area (Å²) in [4.78, 5) is 26.1. The van der Waals surface area contributed by atoms with E-state index in [1.165, 1.54) is 23.1 Å². The van der Waals surface area contributed by atoms with Crippen molar-refractivity contribution < 1.29 is 19.1 Å². The van der Waals surface area contributed by atoms with Gasteiger partial charge in [-0.25, -0.2) is 9.59 Å². The summed E-state index contributed by atoms with van der Waals surface area (Å²) in [5, 5.41) is 20.0. The maximum absolute atomic E-state index is 12.9. The molecular formula is C21H22N6O4S2. The van der Waals surface area contributed by atoms with Gasteiger partial charge in [-0.1, -0.05) is 23.9 Å². The van der Waals surface area contributed by atoms with Crippen LogP contribution in [0.1, 0.15) is 23.4 Å². The van der Waals surface area contributed by atoms with Crippen LogP contribution in [0.3, 0.4) is 0 Å². The number of rotatable bonds is 8. The van der Waals surface area contributed by atoms with Crippen LogP contribution in [-0.4, -0.2) is 51.7 Å². The average molecular weight is 487 g/mol. The van der Waals surface area contributed by atoms with Gasteiger partial charge in [0.25, 0.3) is 0 Å². The fourth-order valence-corrected chi connectivity index (χ4v) is 5.01. The summed E-state index contributed by atoms with van der Waals surface area (Å²) >= 11 is 2.74. The molecule has 0 aliphatic carbocycles. The van der Waals surface area contributed by atoms with E-state index >= 15 is 0 Å². The third-order valence-electron chi connectivity index (χ3n) is 4.83. The number of nitrogens with one attached hydrogen (secondary N) is 2. The van der Waals surface area contributed by atoms with Gasteiger partial charge in [0.05, 0.1) is 25.3 Å². The summed E-state index contributed by atoms with van der Waals surface area (Å²) in [7, 11) is 1.58. The second-order valence-corrected chi connectivity index (χ2v) is 8.92. The molecule has 1 aliphatic rings. The van der Waals surface area contributed by atoms with Crippen LogP contribution in [0.5, 0.6) is 5.75 Å². The number of urea groups is 1. The predicted molar refractivity (Wildman–Crippen MR) is 124 cm³/mol. The number of thioether (sulfide) groups is 1. The first-order valence-electron chi connectivity index (χ1n) is 10.1. The van der Waals surface area contributed by atoms with Crippen LogP contribution >= 0.6 is 23.1 Å². The van der Waals surface area contributed by atoms with E-state index in [4.69, 9.17) is 9.47 Å². The highest BCUT2D eigenvalue weighted by Gasteiger charge is 2.34. The van der Waals surface area contributed by atoms with E-state index in [-0.39, 0.29) is 12.4 Å². The van der Waals surface area contributed by atoms with Crippen molar-refractivity contribution in [3.8, 4) is 11.4 Å². The minimum Gasteiger partial charge on any atom is -0.494 e. The normalized spacial score (nSPS) is 15.7. The molecule has 0 saturated heterocycles. The molecule has 3 heterocycles. The van der Waals surface area contributed by atoms with Gasteiger partial charge in [-0.2, -0.15) is 4.68 Å². The Kier molecular flexibility index (Phi) is 6.94. The number of nitrogens with zero attached hydrogens (tertiary/aromatic N) is 4. The van der Waals surface area contributed by atoms with Crippen molar-refractivity contribution in [3.05, 3.63) is 57.4 Å². The number of carbonyl (C=O) groups is 2. The standard InChI is InChI=1S/C21H22N6O4S2/c1-4-31-19(28)17-13(22-20(29)23-18(17)16-6-5-9-32-16)11-33-21-24-25-26-27(21)14-10-12(2)7-8-15(14)30-3/h5-10,18H,4,11H2,1-3H3,(H2,22,23,29)/t18-/m0/s1. The summed E-state index contributed by atoms with van der Waals surface area (Å²) in [6, 6.07) is 8.45. The van der Waals surface area contributed by atoms with Crippen molar-refractivity contribution in [2.45, 2.75) is 25.0 Å². The number of hydrogen-bond acceptors (Lipinski definition) is 9. The number of methoxy groups -OCH3 is 1. The Hall–Kier alpha value is -3.38. The van der Waals surface area contributed by atoms with E-state index in [9.17, 15) is 9.59 Å². The second kappa shape index (κ2) is 10.0. The topological polar surface area (TPSA) is 120 Å². The molecule has 0 unspecified atom stereocenters. The second-order valence-electron chi connectivity index (χ2n) is 7.00. The number of thiophene rings is 1. The Morgan fingerprint density at radius 3 is 2.91 bits per heavy atom. The summed E-state index contributed by atoms with van der Waals surface area (Å²) in [5.74, 6) is 0.380. The van der Waals surface area contributed by atoms with Crippen LogP contribution < -0.4 is 15.4 Å². The smallest absolute Gasteiger partial charge is 0.338 e. The van der Waals surface area contributed by atoms with Crippen molar-refractivity contribution in [2.24, 2.45) is 0 Å². The van der Waals surface area contributed by atoms with Crippen molar-refractivity contribution in [2.75, 3.05) is 19.5 Å². The zero-order valence-electron chi connectivity index (χ0n) is 18.2. The molecule has 1 atom stereocenters. The number of aromatic nitrogens is 4. The molecule has 4 rings (SSSR count). The molecule has 2 amide bonds. The van der Waals surface area contributed by atoms with Gasteiger partial charge < -0.3 is 20.1 Å². The van der Waals surface area contributed by atoms with Crippen LogP contribution in [0.2, 0.25) is 0 Å². The Morgan fingerprint density at radius 2 is 2.18 bits per heavy atom. The van der Waals surface area contributed by atoms with Gasteiger partial charge in [-0.3, -0.25) is 0 Å². The van der Waals surface area contributed by atoms with Crippen molar-refractivity contribution >= 4 is 35.1 Å². The lowest BCUT2D eigenvalue weighted by atomic mass is 10.0. The number of tetrazole rings is 1. The fraction of sp³-hybridized carbons (Fsp3) is 0.286. The molecule has 172 valence electrons. The highest BCUT2D eigenvalue weighted by Crippen LogP contribution is 2.33. The molecule has 33 heavy (non-hydrogen) atoms. The van der Waals surface area contributed by atoms with Crippen LogP contribution in [0.25, 0.3) is 5.69 Å². The number of aryl methyl sites for hydroxylation is 1. The van der Waals surface area contributed by atoms with Gasteiger partial charge in [0, 0.05) is 16.3 Å². The molecule has 0 radical (unpaired) electrons. The highest BCUT2D eigenvalue weighted by molar-refractivity contribution is 7.99. The van der Waals surface area contributed by atoms with Crippen molar-refractivity contribution in [1.29, 1.82) is 0 Å². The van der Waals surface area contributed by atoms with Gasteiger partial charge >= 0.3 is 12.0 Å². The molecule has 1 aliphatic heterocycles. The van der Waals surface area contributed by atoms with Crippen LogP contribution in [-0.2, 0) is 9.53 Å². The highest BCUT2D eigenvalue weighted by atomic mass is 32.2. The minimum atomic E-state index is -0.596. The van der Waals surface area contributed by atoms with Gasteiger partial charge in [-0.05, 0) is 53.4 Å². The lowest BCUT2D eigenvalue weighted by Crippen LogP contribution is -2.46. The molecule has 3 aromatic rings. The summed E-state index contributed by atoms with van der Waals surface area (Å²) in [5.41, 5.74) is 2.52. The average Bonchev–Trinajstić information content (AvgIpc) is 3.49. The maximum Gasteiger partial charge on any atom is 0.338 e. The molecular weight excluding hydrogens is 464 g/mol. The van der Waals surface area contributed by atoms with E-state index in [2.05, 4.69) is 26.2 Å². The van der Waals surface area contributed by atoms with Crippen LogP contribution in [0.4, 0.5) is 4.79 Å². The molecule has 0 fully saturated rings. The first-order valence-corrected chi connectivity index (χ1v) is 12.0. The number of carbonyl (C=O) groups excluding carboxylic acids is 2. The van der Waals surface area contributed by atoms with Gasteiger partial charge in [-0.15, -0.1) is 16.4 Å². The first kappa shape index (κ1) is 22.8. The van der Waals surface area contributed by atoms with E-state index in [1.807, 2.05) is 42.6 Å². The molecule has 2 N–H and O–H groups in total. The van der Waals surface area contributed by atoms with E-state index < -0.39 is 18.0 Å². The lowest BCUT2D eigenvalue weighted by molar-refractivity contribution is -0.139. The summed E-state index contributed by atoms with van der Waals surface area (Å²) in [6.07, 6.45) is 0. The molecule has 0 bridgehead atoms. The SMILES string of the molecule is CCOC(=O)C1=C(CSc2nnnn2-c2cc(C)ccc2OC)NC(=O)N[C@H]1c1cccs1. The Labute approximate surface area is 198 Å². The number of ether oxygens (including phenoxy) is 2. The number of hydrogen-bond donors (Lipinski definition) is 2. The Morgan fingerprint density at radius 1 is 1.33 bits per heavy atom. The van der Waals surface area contributed by atoms with E-state index in [0.29, 0.717) is 27.9 Å². The Bertz CT molecular complexity index is 1190. The number of amides is 2. The Balaban J connectivity index is 1.67. The monoisotopic (exact) mass is 486 g/mol. The molecule has 12 heteroatoms. The molecule has 1 aromatic carbocycles. The largest absolute Gasteiger partial charge is 0.494 e. The van der Waals surface area contributed by atoms with E-state index in [1.54, 1.807) is 18.7 Å². The van der Waals surface area contributed by atoms with Crippen LogP contribution in [0.15, 0.2) is 52.1 Å². The third-order valence-corrected chi connectivity index (χ3v) is 6.71. The van der Waals surface area contributed by atoms with E-state index in [0.717, 1.165) is 10.4 Å². The predicted octanol–water partition coefficient (Wildman–Crippen LogP) is 3.00. The number of benzene rings is 1.